The minimum Gasteiger partial charge on any atom is -0.315 e. The third-order valence-corrected chi connectivity index (χ3v) is 4.41. The van der Waals surface area contributed by atoms with Crippen LogP contribution >= 0.6 is 0 Å². The van der Waals surface area contributed by atoms with Gasteiger partial charge in [-0.15, -0.1) is 0 Å². The second-order valence-electron chi connectivity index (χ2n) is 5.58. The van der Waals surface area contributed by atoms with Gasteiger partial charge in [0.05, 0.1) is 0 Å². The van der Waals surface area contributed by atoms with Gasteiger partial charge in [0.2, 0.25) is 0 Å². The van der Waals surface area contributed by atoms with E-state index < -0.39 is 0 Å². The monoisotopic (exact) mass is 210 g/mol. The maximum absolute atomic E-state index is 3.48. The number of nitrogens with one attached hydrogen (secondary N) is 1. The highest BCUT2D eigenvalue weighted by Gasteiger charge is 2.26. The van der Waals surface area contributed by atoms with Crippen LogP contribution in [0.5, 0.6) is 0 Å². The highest BCUT2D eigenvalue weighted by molar-refractivity contribution is 4.84. The van der Waals surface area contributed by atoms with Crippen molar-refractivity contribution in [1.29, 1.82) is 0 Å². The first-order chi connectivity index (χ1) is 7.27. The summed E-state index contributed by atoms with van der Waals surface area (Å²) in [4.78, 5) is 2.66. The first kappa shape index (κ1) is 11.4. The second kappa shape index (κ2) is 5.31. The fraction of sp³-hybridized carbons (Fsp3) is 1.00. The van der Waals surface area contributed by atoms with Gasteiger partial charge in [0.15, 0.2) is 0 Å². The van der Waals surface area contributed by atoms with Crippen LogP contribution in [0.1, 0.15) is 45.4 Å². The van der Waals surface area contributed by atoms with Crippen molar-refractivity contribution >= 4 is 0 Å². The molecule has 88 valence electrons. The van der Waals surface area contributed by atoms with Gasteiger partial charge in [-0.1, -0.05) is 19.8 Å². The average molecular weight is 210 g/mol. The van der Waals surface area contributed by atoms with E-state index in [4.69, 9.17) is 0 Å². The quantitative estimate of drug-likeness (QED) is 0.703. The summed E-state index contributed by atoms with van der Waals surface area (Å²) in [6.07, 6.45) is 8.53. The zero-order chi connectivity index (χ0) is 10.7. The Labute approximate surface area is 94.4 Å². The molecule has 0 aromatic carbocycles. The van der Waals surface area contributed by atoms with Crippen LogP contribution in [0, 0.1) is 5.92 Å². The molecule has 2 rings (SSSR count). The van der Waals surface area contributed by atoms with Crippen LogP contribution in [0.3, 0.4) is 0 Å². The predicted octanol–water partition coefficient (Wildman–Crippen LogP) is 2.25. The lowest BCUT2D eigenvalue weighted by Gasteiger charge is -2.32. The number of likely N-dealkylation sites (N-methyl/N-ethyl adjacent to an activating group) is 1. The maximum atomic E-state index is 3.48. The first-order valence-electron chi connectivity index (χ1n) is 6.70. The van der Waals surface area contributed by atoms with Crippen molar-refractivity contribution in [3.8, 4) is 0 Å². The van der Waals surface area contributed by atoms with Crippen LogP contribution in [-0.4, -0.2) is 37.1 Å². The van der Waals surface area contributed by atoms with E-state index in [1.165, 1.54) is 51.6 Å². The van der Waals surface area contributed by atoms with Gasteiger partial charge in [-0.3, -0.25) is 4.90 Å². The predicted molar refractivity (Wildman–Crippen MR) is 65.1 cm³/mol. The van der Waals surface area contributed by atoms with E-state index in [9.17, 15) is 0 Å². The Bertz CT molecular complexity index is 187. The molecule has 2 aliphatic rings. The summed E-state index contributed by atoms with van der Waals surface area (Å²) in [5, 5.41) is 3.48. The van der Waals surface area contributed by atoms with Crippen molar-refractivity contribution in [1.82, 2.24) is 10.2 Å². The molecule has 1 heterocycles. The molecule has 0 bridgehead atoms. The number of hydrogen-bond donors (Lipinski definition) is 1. The molecular weight excluding hydrogens is 184 g/mol. The molecule has 0 aromatic rings. The molecule has 1 saturated carbocycles. The summed E-state index contributed by atoms with van der Waals surface area (Å²) in [5.74, 6) is 0.963. The third kappa shape index (κ3) is 2.94. The standard InChI is InChI=1S/C13H26N2/c1-11-4-3-5-12(7-6-11)15(2)13-8-9-14-10-13/h11-14H,3-10H2,1-2H3. The number of rotatable bonds is 2. The van der Waals surface area contributed by atoms with Gasteiger partial charge in [-0.05, 0) is 45.2 Å². The fourth-order valence-corrected chi connectivity index (χ4v) is 3.16. The molecule has 0 spiro atoms. The summed E-state index contributed by atoms with van der Waals surface area (Å²) in [6, 6.07) is 1.67. The van der Waals surface area contributed by atoms with Gasteiger partial charge in [-0.2, -0.15) is 0 Å². The lowest BCUT2D eigenvalue weighted by atomic mass is 10.0. The molecule has 2 nitrogen and oxygen atoms in total. The van der Waals surface area contributed by atoms with Gasteiger partial charge in [-0.25, -0.2) is 0 Å². The molecule has 0 radical (unpaired) electrons. The Morgan fingerprint density at radius 3 is 2.60 bits per heavy atom. The Morgan fingerprint density at radius 2 is 1.87 bits per heavy atom. The molecule has 1 saturated heterocycles. The van der Waals surface area contributed by atoms with E-state index in [0.717, 1.165) is 18.0 Å². The summed E-state index contributed by atoms with van der Waals surface area (Å²) in [5.41, 5.74) is 0. The second-order valence-corrected chi connectivity index (χ2v) is 5.58. The number of hydrogen-bond acceptors (Lipinski definition) is 2. The van der Waals surface area contributed by atoms with Crippen LogP contribution in [0.2, 0.25) is 0 Å². The van der Waals surface area contributed by atoms with Gasteiger partial charge in [0, 0.05) is 18.6 Å². The van der Waals surface area contributed by atoms with Crippen molar-refractivity contribution in [3.63, 3.8) is 0 Å². The van der Waals surface area contributed by atoms with Gasteiger partial charge in [0.1, 0.15) is 0 Å². The van der Waals surface area contributed by atoms with Crippen molar-refractivity contribution in [2.24, 2.45) is 5.92 Å². The normalized spacial score (nSPS) is 38.2. The Kier molecular flexibility index (Phi) is 4.04. The van der Waals surface area contributed by atoms with E-state index in [-0.39, 0.29) is 0 Å². The molecule has 1 aliphatic carbocycles. The topological polar surface area (TPSA) is 15.3 Å². The zero-order valence-corrected chi connectivity index (χ0v) is 10.3. The van der Waals surface area contributed by atoms with Gasteiger partial charge in [0.25, 0.3) is 0 Å². The first-order valence-corrected chi connectivity index (χ1v) is 6.70. The summed E-state index contributed by atoms with van der Waals surface area (Å²) in [6.45, 7) is 4.85. The third-order valence-electron chi connectivity index (χ3n) is 4.41. The van der Waals surface area contributed by atoms with Crippen LogP contribution in [0.15, 0.2) is 0 Å². The SMILES string of the molecule is CC1CCCC(N(C)C2CCNC2)CC1. The average Bonchev–Trinajstić information content (AvgIpc) is 2.67. The minimum atomic E-state index is 0.809. The van der Waals surface area contributed by atoms with E-state index in [2.05, 4.69) is 24.2 Å². The maximum Gasteiger partial charge on any atom is 0.0232 e. The fourth-order valence-electron chi connectivity index (χ4n) is 3.16. The van der Waals surface area contributed by atoms with E-state index in [1.54, 1.807) is 0 Å². The Hall–Kier alpha value is -0.0800. The number of nitrogens with zero attached hydrogens (tertiary/aromatic N) is 1. The Morgan fingerprint density at radius 1 is 1.00 bits per heavy atom. The van der Waals surface area contributed by atoms with E-state index in [1.807, 2.05) is 0 Å². The summed E-state index contributed by atoms with van der Waals surface area (Å²) >= 11 is 0. The smallest absolute Gasteiger partial charge is 0.0232 e. The lowest BCUT2D eigenvalue weighted by Crippen LogP contribution is -2.41. The molecule has 2 heteroatoms. The van der Waals surface area contributed by atoms with Gasteiger partial charge < -0.3 is 5.32 Å². The highest BCUT2D eigenvalue weighted by Crippen LogP contribution is 2.27. The molecule has 0 aromatic heterocycles. The summed E-state index contributed by atoms with van der Waals surface area (Å²) < 4.78 is 0. The summed E-state index contributed by atoms with van der Waals surface area (Å²) in [7, 11) is 2.35. The van der Waals surface area contributed by atoms with Crippen molar-refractivity contribution < 1.29 is 0 Å². The van der Waals surface area contributed by atoms with E-state index >= 15 is 0 Å². The molecule has 1 N–H and O–H groups in total. The largest absolute Gasteiger partial charge is 0.315 e. The van der Waals surface area contributed by atoms with Crippen molar-refractivity contribution in [2.75, 3.05) is 20.1 Å². The van der Waals surface area contributed by atoms with Crippen LogP contribution in [0.4, 0.5) is 0 Å². The molecule has 2 fully saturated rings. The van der Waals surface area contributed by atoms with Crippen molar-refractivity contribution in [3.05, 3.63) is 0 Å². The molecule has 3 atom stereocenters. The molecular formula is C13H26N2. The van der Waals surface area contributed by atoms with Crippen LogP contribution in [-0.2, 0) is 0 Å². The van der Waals surface area contributed by atoms with Gasteiger partial charge >= 0.3 is 0 Å². The van der Waals surface area contributed by atoms with Crippen LogP contribution in [0.25, 0.3) is 0 Å². The van der Waals surface area contributed by atoms with E-state index in [0.29, 0.717) is 0 Å². The zero-order valence-electron chi connectivity index (χ0n) is 10.3. The minimum absolute atomic E-state index is 0.809. The molecule has 3 unspecified atom stereocenters. The Balaban J connectivity index is 1.85. The lowest BCUT2D eigenvalue weighted by molar-refractivity contribution is 0.166. The molecule has 0 amide bonds. The molecule has 15 heavy (non-hydrogen) atoms. The van der Waals surface area contributed by atoms with Crippen LogP contribution < -0.4 is 5.32 Å². The highest BCUT2D eigenvalue weighted by atomic mass is 15.2. The van der Waals surface area contributed by atoms with Crippen molar-refractivity contribution in [2.45, 2.75) is 57.5 Å². The molecule has 1 aliphatic heterocycles.